The molecule has 1 amide bonds. The normalized spacial score (nSPS) is 12.1. The first-order valence-corrected chi connectivity index (χ1v) is 9.92. The van der Waals surface area contributed by atoms with E-state index < -0.39 is 0 Å². The molecular weight excluding hydrogens is 374 g/mol. The molecule has 1 heterocycles. The molecule has 0 saturated heterocycles. The van der Waals surface area contributed by atoms with E-state index in [1.807, 2.05) is 39.0 Å². The second kappa shape index (κ2) is 8.57. The fraction of sp³-hybridized carbons (Fsp3) is 0.318. The number of carbonyl (C=O) groups excluding carboxylic acids is 1. The van der Waals surface area contributed by atoms with Crippen LogP contribution in [-0.2, 0) is 6.54 Å². The quantitative estimate of drug-likeness (QED) is 0.606. The summed E-state index contributed by atoms with van der Waals surface area (Å²) in [6.45, 7) is 6.86. The third-order valence-electron chi connectivity index (χ3n) is 4.88. The Kier molecular flexibility index (Phi) is 6.15. The molecule has 0 spiro atoms. The van der Waals surface area contributed by atoms with Crippen LogP contribution in [0.1, 0.15) is 49.4 Å². The number of rotatable bonds is 6. The molecule has 0 unspecified atom stereocenters. The summed E-state index contributed by atoms with van der Waals surface area (Å²) >= 11 is 6.26. The molecule has 0 N–H and O–H groups in total. The van der Waals surface area contributed by atoms with Crippen LogP contribution >= 0.6 is 11.6 Å². The number of fused-ring (bicyclic) bond motifs is 1. The van der Waals surface area contributed by atoms with Gasteiger partial charge in [0, 0.05) is 13.1 Å². The van der Waals surface area contributed by atoms with Gasteiger partial charge >= 0.3 is 0 Å². The molecule has 1 atom stereocenters. The van der Waals surface area contributed by atoms with Gasteiger partial charge in [-0.15, -0.1) is 0 Å². The van der Waals surface area contributed by atoms with Gasteiger partial charge in [0.15, 0.2) is 0 Å². The van der Waals surface area contributed by atoms with E-state index in [-0.39, 0.29) is 17.5 Å². The highest BCUT2D eigenvalue weighted by molar-refractivity contribution is 6.33. The molecule has 0 fully saturated rings. The first-order chi connectivity index (χ1) is 13.5. The third kappa shape index (κ3) is 3.67. The van der Waals surface area contributed by atoms with E-state index in [0.717, 1.165) is 6.42 Å². The number of halogens is 1. The van der Waals surface area contributed by atoms with Gasteiger partial charge in [0.2, 0.25) is 0 Å². The molecule has 0 aliphatic rings. The second-order valence-corrected chi connectivity index (χ2v) is 7.10. The molecule has 0 saturated carbocycles. The molecule has 0 aliphatic carbocycles. The van der Waals surface area contributed by atoms with Crippen LogP contribution in [0.5, 0.6) is 0 Å². The van der Waals surface area contributed by atoms with E-state index in [2.05, 4.69) is 0 Å². The monoisotopic (exact) mass is 397 g/mol. The van der Waals surface area contributed by atoms with Crippen molar-refractivity contribution in [2.75, 3.05) is 6.54 Å². The van der Waals surface area contributed by atoms with Crippen molar-refractivity contribution in [1.29, 1.82) is 0 Å². The third-order valence-corrected chi connectivity index (χ3v) is 5.21. The summed E-state index contributed by atoms with van der Waals surface area (Å²) in [5.74, 6) is 0.421. The molecule has 5 nitrogen and oxygen atoms in total. The smallest absolute Gasteiger partial charge is 0.261 e. The minimum atomic E-state index is -0.374. The van der Waals surface area contributed by atoms with E-state index in [1.165, 1.54) is 0 Å². The average Bonchev–Trinajstić information content (AvgIpc) is 2.71. The predicted octanol–water partition coefficient (Wildman–Crippen LogP) is 4.68. The van der Waals surface area contributed by atoms with E-state index in [0.29, 0.717) is 40.4 Å². The summed E-state index contributed by atoms with van der Waals surface area (Å²) in [7, 11) is 0. The zero-order valence-electron chi connectivity index (χ0n) is 16.4. The molecule has 0 bridgehead atoms. The minimum absolute atomic E-state index is 0.0865. The molecule has 3 aromatic rings. The van der Waals surface area contributed by atoms with Gasteiger partial charge in [0.05, 0.1) is 27.5 Å². The van der Waals surface area contributed by atoms with Gasteiger partial charge in [-0.2, -0.15) is 0 Å². The Morgan fingerprint density at radius 2 is 1.82 bits per heavy atom. The van der Waals surface area contributed by atoms with Crippen LogP contribution in [0.3, 0.4) is 0 Å². The number of nitrogens with zero attached hydrogens (tertiary/aromatic N) is 3. The fourth-order valence-electron chi connectivity index (χ4n) is 3.45. The lowest BCUT2D eigenvalue weighted by atomic mass is 10.1. The Balaban J connectivity index is 2.12. The van der Waals surface area contributed by atoms with Crippen molar-refractivity contribution in [3.8, 4) is 0 Å². The van der Waals surface area contributed by atoms with Crippen LogP contribution in [0.2, 0.25) is 5.02 Å². The second-order valence-electron chi connectivity index (χ2n) is 6.69. The molecule has 2 aromatic carbocycles. The lowest BCUT2D eigenvalue weighted by Gasteiger charge is -2.30. The van der Waals surface area contributed by atoms with E-state index in [1.54, 1.807) is 39.8 Å². The molecule has 1 aromatic heterocycles. The van der Waals surface area contributed by atoms with E-state index >= 15 is 0 Å². The van der Waals surface area contributed by atoms with Crippen molar-refractivity contribution in [2.24, 2.45) is 0 Å². The van der Waals surface area contributed by atoms with Crippen LogP contribution in [-0.4, -0.2) is 26.9 Å². The first kappa shape index (κ1) is 20.1. The highest BCUT2D eigenvalue weighted by Gasteiger charge is 2.27. The topological polar surface area (TPSA) is 55.2 Å². The van der Waals surface area contributed by atoms with Crippen molar-refractivity contribution in [2.45, 2.75) is 39.8 Å². The number of aromatic nitrogens is 2. The fourth-order valence-corrected chi connectivity index (χ4v) is 3.67. The summed E-state index contributed by atoms with van der Waals surface area (Å²) in [5.41, 5.74) is 1.01. The van der Waals surface area contributed by atoms with Crippen LogP contribution in [0.25, 0.3) is 10.9 Å². The molecule has 146 valence electrons. The lowest BCUT2D eigenvalue weighted by Crippen LogP contribution is -2.38. The van der Waals surface area contributed by atoms with Crippen LogP contribution < -0.4 is 5.56 Å². The van der Waals surface area contributed by atoms with Crippen molar-refractivity contribution >= 4 is 28.4 Å². The predicted molar refractivity (Wildman–Crippen MR) is 113 cm³/mol. The van der Waals surface area contributed by atoms with Gasteiger partial charge in [-0.25, -0.2) is 4.98 Å². The lowest BCUT2D eigenvalue weighted by molar-refractivity contribution is 0.0679. The van der Waals surface area contributed by atoms with Gasteiger partial charge in [-0.1, -0.05) is 42.8 Å². The van der Waals surface area contributed by atoms with E-state index in [9.17, 15) is 9.59 Å². The van der Waals surface area contributed by atoms with Crippen molar-refractivity contribution < 1.29 is 4.79 Å². The van der Waals surface area contributed by atoms with Crippen LogP contribution in [0.15, 0.2) is 53.3 Å². The van der Waals surface area contributed by atoms with Gasteiger partial charge in [-0.3, -0.25) is 14.2 Å². The van der Waals surface area contributed by atoms with E-state index in [4.69, 9.17) is 16.6 Å². The summed E-state index contributed by atoms with van der Waals surface area (Å²) in [4.78, 5) is 32.7. The average molecular weight is 398 g/mol. The van der Waals surface area contributed by atoms with Crippen LogP contribution in [0, 0.1) is 0 Å². The Morgan fingerprint density at radius 1 is 1.14 bits per heavy atom. The Bertz CT molecular complexity index is 1060. The molecule has 3 rings (SSSR count). The summed E-state index contributed by atoms with van der Waals surface area (Å²) < 4.78 is 1.65. The highest BCUT2D eigenvalue weighted by Crippen LogP contribution is 2.25. The number of hydrogen-bond acceptors (Lipinski definition) is 3. The molecule has 0 radical (unpaired) electrons. The molecular formula is C22H24ClN3O2. The number of hydrogen-bond donors (Lipinski definition) is 0. The van der Waals surface area contributed by atoms with Crippen molar-refractivity contribution in [3.63, 3.8) is 0 Å². The maximum absolute atomic E-state index is 13.2. The zero-order valence-corrected chi connectivity index (χ0v) is 17.1. The van der Waals surface area contributed by atoms with Gasteiger partial charge in [0.25, 0.3) is 11.5 Å². The van der Waals surface area contributed by atoms with Crippen molar-refractivity contribution in [3.05, 3.63) is 75.3 Å². The zero-order chi connectivity index (χ0) is 20.3. The maximum atomic E-state index is 13.2. The Morgan fingerprint density at radius 3 is 2.50 bits per heavy atom. The minimum Gasteiger partial charge on any atom is -0.329 e. The summed E-state index contributed by atoms with van der Waals surface area (Å²) in [6.07, 6.45) is 0.782. The Hall–Kier alpha value is -2.66. The largest absolute Gasteiger partial charge is 0.329 e. The number of para-hydroxylation sites is 1. The number of amides is 1. The van der Waals surface area contributed by atoms with Gasteiger partial charge in [0.1, 0.15) is 5.82 Å². The van der Waals surface area contributed by atoms with Crippen LogP contribution in [0.4, 0.5) is 0 Å². The van der Waals surface area contributed by atoms with Gasteiger partial charge < -0.3 is 4.90 Å². The molecule has 0 aliphatic heterocycles. The standard InChI is InChI=1S/C22H24ClN3O2/c1-4-14-26(21(27)16-10-6-8-12-18(16)23)15(3)20-24-19-13-9-7-11-17(19)22(28)25(20)5-2/h6-13,15H,4-5,14H2,1-3H3/t15-/m0/s1. The highest BCUT2D eigenvalue weighted by atomic mass is 35.5. The first-order valence-electron chi connectivity index (χ1n) is 9.54. The molecule has 6 heteroatoms. The summed E-state index contributed by atoms with van der Waals surface area (Å²) in [5, 5.41) is 1.000. The van der Waals surface area contributed by atoms with Gasteiger partial charge in [-0.05, 0) is 44.5 Å². The number of carbonyl (C=O) groups is 1. The SMILES string of the molecule is CCCN(C(=O)c1ccccc1Cl)[C@@H](C)c1nc2ccccc2c(=O)n1CC. The Labute approximate surface area is 169 Å². The number of benzene rings is 2. The molecule has 28 heavy (non-hydrogen) atoms. The summed E-state index contributed by atoms with van der Waals surface area (Å²) in [6, 6.07) is 14.0. The van der Waals surface area contributed by atoms with Crippen molar-refractivity contribution in [1.82, 2.24) is 14.5 Å². The maximum Gasteiger partial charge on any atom is 0.261 e.